The monoisotopic (exact) mass is 265 g/mol. The molecule has 1 rings (SSSR count). The second kappa shape index (κ2) is 12.3. The van der Waals surface area contributed by atoms with Crippen molar-refractivity contribution in [3.8, 4) is 0 Å². The zero-order valence-corrected chi connectivity index (χ0v) is 12.3. The van der Waals surface area contributed by atoms with Gasteiger partial charge >= 0.3 is 0 Å². The molecule has 1 unspecified atom stereocenters. The molecular formula is C17H31NO. The first-order chi connectivity index (χ1) is 9.43. The van der Waals surface area contributed by atoms with Gasteiger partial charge in [-0.3, -0.25) is 0 Å². The molecule has 0 fully saturated rings. The largest absolute Gasteiger partial charge is 0.396 e. The Morgan fingerprint density at radius 1 is 0.737 bits per heavy atom. The van der Waals surface area contributed by atoms with E-state index in [-0.39, 0.29) is 0 Å². The Bertz CT molecular complexity index is 248. The molecule has 2 nitrogen and oxygen atoms in total. The minimum Gasteiger partial charge on any atom is -0.396 e. The fraction of sp³-hybridized carbons (Fsp3) is 0.765. The summed E-state index contributed by atoms with van der Waals surface area (Å²) >= 11 is 0. The van der Waals surface area contributed by atoms with Gasteiger partial charge in [0.2, 0.25) is 0 Å². The highest BCUT2D eigenvalue weighted by molar-refractivity contribution is 5.11. The van der Waals surface area contributed by atoms with Crippen LogP contribution in [0, 0.1) is 0 Å². The maximum atomic E-state index is 8.67. The van der Waals surface area contributed by atoms with Crippen LogP contribution < -0.4 is 5.32 Å². The molecule has 0 saturated heterocycles. The van der Waals surface area contributed by atoms with Gasteiger partial charge in [0.1, 0.15) is 0 Å². The average Bonchev–Trinajstić information content (AvgIpc) is 2.46. The lowest BCUT2D eigenvalue weighted by atomic mass is 10.0. The van der Waals surface area contributed by atoms with Crippen LogP contribution in [0.25, 0.3) is 0 Å². The fourth-order valence-corrected chi connectivity index (χ4v) is 2.56. The Morgan fingerprint density at radius 3 is 1.84 bits per heavy atom. The third-order valence-electron chi connectivity index (χ3n) is 3.78. The summed E-state index contributed by atoms with van der Waals surface area (Å²) in [6.07, 6.45) is 22.9. The Balaban J connectivity index is 1.74. The molecule has 0 spiro atoms. The van der Waals surface area contributed by atoms with Crippen molar-refractivity contribution in [3.05, 3.63) is 24.4 Å². The van der Waals surface area contributed by atoms with Gasteiger partial charge in [-0.2, -0.15) is 0 Å². The number of hydrogen-bond donors (Lipinski definition) is 2. The van der Waals surface area contributed by atoms with Crippen molar-refractivity contribution in [3.63, 3.8) is 0 Å². The van der Waals surface area contributed by atoms with E-state index in [0.717, 1.165) is 6.42 Å². The number of hydrogen-bond acceptors (Lipinski definition) is 2. The van der Waals surface area contributed by atoms with Crippen LogP contribution in [0.5, 0.6) is 0 Å². The maximum absolute atomic E-state index is 8.67. The summed E-state index contributed by atoms with van der Waals surface area (Å²) in [6.45, 7) is 0.362. The van der Waals surface area contributed by atoms with E-state index in [0.29, 0.717) is 12.6 Å². The minimum atomic E-state index is 0.362. The van der Waals surface area contributed by atoms with Crippen LogP contribution in [-0.2, 0) is 0 Å². The van der Waals surface area contributed by atoms with Crippen LogP contribution in [0.4, 0.5) is 0 Å². The smallest absolute Gasteiger partial charge is 0.0442 e. The lowest BCUT2D eigenvalue weighted by molar-refractivity contribution is 0.282. The summed E-state index contributed by atoms with van der Waals surface area (Å²) in [5.41, 5.74) is 0. The number of aliphatic hydroxyl groups is 1. The van der Waals surface area contributed by atoms with Crippen molar-refractivity contribution in [2.45, 2.75) is 76.7 Å². The molecule has 2 N–H and O–H groups in total. The first-order valence-electron chi connectivity index (χ1n) is 8.14. The van der Waals surface area contributed by atoms with E-state index in [4.69, 9.17) is 5.11 Å². The summed E-state index contributed by atoms with van der Waals surface area (Å²) < 4.78 is 0. The Morgan fingerprint density at radius 2 is 1.32 bits per heavy atom. The molecule has 2 heteroatoms. The molecule has 0 aromatic heterocycles. The molecule has 0 saturated carbocycles. The zero-order valence-electron chi connectivity index (χ0n) is 12.3. The number of dihydropyridines is 1. The molecule has 0 bridgehead atoms. The Kier molecular flexibility index (Phi) is 10.5. The van der Waals surface area contributed by atoms with Gasteiger partial charge in [0.25, 0.3) is 0 Å². The SMILES string of the molecule is OCCCCCCCCCCCCC1C=CC=CN1. The van der Waals surface area contributed by atoms with Gasteiger partial charge in [-0.1, -0.05) is 69.9 Å². The topological polar surface area (TPSA) is 32.3 Å². The quantitative estimate of drug-likeness (QED) is 0.515. The zero-order chi connectivity index (χ0) is 13.6. The third kappa shape index (κ3) is 9.77. The number of allylic oxidation sites excluding steroid dienone is 2. The molecule has 110 valence electrons. The second-order valence-electron chi connectivity index (χ2n) is 5.56. The van der Waals surface area contributed by atoms with E-state index < -0.39 is 0 Å². The van der Waals surface area contributed by atoms with E-state index in [1.165, 1.54) is 64.2 Å². The second-order valence-corrected chi connectivity index (χ2v) is 5.56. The summed E-state index contributed by atoms with van der Waals surface area (Å²) in [6, 6.07) is 0.566. The van der Waals surface area contributed by atoms with E-state index in [1.54, 1.807) is 0 Å². The van der Waals surface area contributed by atoms with Crippen molar-refractivity contribution < 1.29 is 5.11 Å². The standard InChI is InChI=1S/C17H31NO/c19-16-12-8-6-4-2-1-3-5-7-9-13-17-14-10-11-15-18-17/h10-11,14-15,17-19H,1-9,12-13,16H2. The summed E-state index contributed by atoms with van der Waals surface area (Å²) in [4.78, 5) is 0. The molecule has 0 aromatic rings. The molecule has 1 aliphatic rings. The van der Waals surface area contributed by atoms with Crippen molar-refractivity contribution in [2.24, 2.45) is 0 Å². The lowest BCUT2D eigenvalue weighted by Crippen LogP contribution is -2.23. The van der Waals surface area contributed by atoms with Crippen LogP contribution >= 0.6 is 0 Å². The van der Waals surface area contributed by atoms with Crippen LogP contribution in [0.3, 0.4) is 0 Å². The number of unbranched alkanes of at least 4 members (excludes halogenated alkanes) is 9. The molecule has 1 heterocycles. The van der Waals surface area contributed by atoms with Crippen LogP contribution in [0.1, 0.15) is 70.6 Å². The van der Waals surface area contributed by atoms with Gasteiger partial charge in [-0.25, -0.2) is 0 Å². The minimum absolute atomic E-state index is 0.362. The van der Waals surface area contributed by atoms with E-state index in [2.05, 4.69) is 23.5 Å². The first kappa shape index (κ1) is 16.3. The van der Waals surface area contributed by atoms with Crippen LogP contribution in [0.15, 0.2) is 24.4 Å². The van der Waals surface area contributed by atoms with E-state index in [9.17, 15) is 0 Å². The van der Waals surface area contributed by atoms with E-state index >= 15 is 0 Å². The molecular weight excluding hydrogens is 234 g/mol. The highest BCUT2D eigenvalue weighted by Gasteiger charge is 2.02. The molecule has 0 radical (unpaired) electrons. The number of rotatable bonds is 12. The van der Waals surface area contributed by atoms with Crippen molar-refractivity contribution in [2.75, 3.05) is 6.61 Å². The number of aliphatic hydroxyl groups excluding tert-OH is 1. The molecule has 0 aliphatic carbocycles. The van der Waals surface area contributed by atoms with Crippen molar-refractivity contribution in [1.29, 1.82) is 0 Å². The van der Waals surface area contributed by atoms with Crippen molar-refractivity contribution >= 4 is 0 Å². The predicted molar refractivity (Wildman–Crippen MR) is 83.1 cm³/mol. The first-order valence-corrected chi connectivity index (χ1v) is 8.14. The maximum Gasteiger partial charge on any atom is 0.0442 e. The molecule has 0 amide bonds. The van der Waals surface area contributed by atoms with Crippen molar-refractivity contribution in [1.82, 2.24) is 5.32 Å². The van der Waals surface area contributed by atoms with Gasteiger partial charge in [-0.15, -0.1) is 0 Å². The third-order valence-corrected chi connectivity index (χ3v) is 3.78. The summed E-state index contributed by atoms with van der Waals surface area (Å²) in [7, 11) is 0. The summed E-state index contributed by atoms with van der Waals surface area (Å²) in [5, 5.41) is 12.0. The van der Waals surface area contributed by atoms with Gasteiger partial charge in [0.05, 0.1) is 0 Å². The molecule has 1 atom stereocenters. The average molecular weight is 265 g/mol. The normalized spacial score (nSPS) is 17.6. The Hall–Kier alpha value is -0.760. The van der Waals surface area contributed by atoms with Gasteiger partial charge in [-0.05, 0) is 25.1 Å². The molecule has 19 heavy (non-hydrogen) atoms. The van der Waals surface area contributed by atoms with Gasteiger partial charge in [0.15, 0.2) is 0 Å². The summed E-state index contributed by atoms with van der Waals surface area (Å²) in [5.74, 6) is 0. The molecule has 0 aromatic carbocycles. The van der Waals surface area contributed by atoms with Crippen LogP contribution in [-0.4, -0.2) is 17.8 Å². The highest BCUT2D eigenvalue weighted by atomic mass is 16.2. The fourth-order valence-electron chi connectivity index (χ4n) is 2.56. The number of nitrogens with one attached hydrogen (secondary N) is 1. The van der Waals surface area contributed by atoms with Crippen LogP contribution in [0.2, 0.25) is 0 Å². The van der Waals surface area contributed by atoms with E-state index in [1.807, 2.05) is 6.20 Å². The van der Waals surface area contributed by atoms with Gasteiger partial charge < -0.3 is 10.4 Å². The highest BCUT2D eigenvalue weighted by Crippen LogP contribution is 2.12. The lowest BCUT2D eigenvalue weighted by Gasteiger charge is -2.15. The van der Waals surface area contributed by atoms with Gasteiger partial charge in [0, 0.05) is 12.6 Å². The molecule has 1 aliphatic heterocycles. The Labute approximate surface area is 119 Å². The predicted octanol–water partition coefficient (Wildman–Crippen LogP) is 4.31.